The Balaban J connectivity index is 0.000000500. The van der Waals surface area contributed by atoms with Crippen LogP contribution in [-0.2, 0) is 0 Å². The maximum absolute atomic E-state index is 1.56. The van der Waals surface area contributed by atoms with E-state index >= 15 is 0 Å². The molecule has 0 aromatic carbocycles. The minimum atomic E-state index is 0. The second-order valence-electron chi connectivity index (χ2n) is 3.91. The molecule has 10 heavy (non-hydrogen) atoms. The first-order chi connectivity index (χ1) is 4.41. The van der Waals surface area contributed by atoms with Crippen LogP contribution in [0.25, 0.3) is 0 Å². The molecular formula is C9H17Cl. The molecule has 0 aromatic rings. The van der Waals surface area contributed by atoms with Crippen molar-refractivity contribution in [2.45, 2.75) is 51.4 Å². The van der Waals surface area contributed by atoms with Crippen LogP contribution < -0.4 is 0 Å². The van der Waals surface area contributed by atoms with Crippen LogP contribution in [0.3, 0.4) is 0 Å². The lowest BCUT2D eigenvalue weighted by molar-refractivity contribution is 0.439. The van der Waals surface area contributed by atoms with Gasteiger partial charge < -0.3 is 0 Å². The Labute approximate surface area is 69.8 Å². The van der Waals surface area contributed by atoms with Crippen molar-refractivity contribution in [2.24, 2.45) is 5.41 Å². The van der Waals surface area contributed by atoms with Crippen molar-refractivity contribution in [1.82, 2.24) is 0 Å². The van der Waals surface area contributed by atoms with Gasteiger partial charge in [0.05, 0.1) is 0 Å². The third-order valence-electron chi connectivity index (χ3n) is 3.12. The number of rotatable bonds is 0. The molecule has 1 heteroatoms. The molecule has 0 amide bonds. The van der Waals surface area contributed by atoms with E-state index in [9.17, 15) is 0 Å². The summed E-state index contributed by atoms with van der Waals surface area (Å²) in [6.45, 7) is 0. The van der Waals surface area contributed by atoms with Crippen molar-refractivity contribution in [3.63, 3.8) is 0 Å². The smallest absolute Gasteiger partial charge is 0.0297 e. The fourth-order valence-corrected chi connectivity index (χ4v) is 2.16. The van der Waals surface area contributed by atoms with E-state index in [1.165, 1.54) is 25.7 Å². The minimum Gasteiger partial charge on any atom is -0.147 e. The zero-order valence-corrected chi connectivity index (χ0v) is 7.38. The molecule has 0 atom stereocenters. The first-order valence-corrected chi connectivity index (χ1v) is 4.41. The summed E-state index contributed by atoms with van der Waals surface area (Å²) in [4.78, 5) is 0. The number of halogens is 1. The van der Waals surface area contributed by atoms with Crippen LogP contribution in [0.15, 0.2) is 0 Å². The molecule has 0 aliphatic heterocycles. The van der Waals surface area contributed by atoms with E-state index in [2.05, 4.69) is 0 Å². The average Bonchev–Trinajstić information content (AvgIpc) is 2.64. The fraction of sp³-hybridized carbons (Fsp3) is 1.00. The summed E-state index contributed by atoms with van der Waals surface area (Å²) in [5.41, 5.74) is 0.913. The lowest BCUT2D eigenvalue weighted by Crippen LogP contribution is -1.95. The third-order valence-corrected chi connectivity index (χ3v) is 3.12. The molecule has 0 N–H and O–H groups in total. The Hall–Kier alpha value is 0.290. The molecule has 2 aliphatic rings. The van der Waals surface area contributed by atoms with E-state index in [4.69, 9.17) is 0 Å². The zero-order chi connectivity index (χ0) is 6.16. The molecule has 0 unspecified atom stereocenters. The lowest BCUT2D eigenvalue weighted by atomic mass is 9.98. The van der Waals surface area contributed by atoms with Crippen molar-refractivity contribution >= 4 is 12.4 Å². The van der Waals surface area contributed by atoms with Gasteiger partial charge in [0, 0.05) is 0 Å². The Bertz CT molecular complexity index is 95.3. The highest BCUT2D eigenvalue weighted by Crippen LogP contribution is 2.55. The van der Waals surface area contributed by atoms with Crippen LogP contribution >= 0.6 is 12.4 Å². The molecule has 60 valence electrons. The highest BCUT2D eigenvalue weighted by molar-refractivity contribution is 5.85. The summed E-state index contributed by atoms with van der Waals surface area (Å²) in [6, 6.07) is 0. The highest BCUT2D eigenvalue weighted by Gasteiger charge is 2.41. The molecule has 0 bridgehead atoms. The summed E-state index contributed by atoms with van der Waals surface area (Å²) in [5, 5.41) is 0. The van der Waals surface area contributed by atoms with Gasteiger partial charge in [0.15, 0.2) is 0 Å². The average molecular weight is 161 g/mol. The number of hydrogen-bond donors (Lipinski definition) is 0. The largest absolute Gasteiger partial charge is 0.147 e. The lowest BCUT2D eigenvalue weighted by Gasteiger charge is -2.08. The maximum atomic E-state index is 1.56. The molecule has 2 aliphatic carbocycles. The van der Waals surface area contributed by atoms with Crippen molar-refractivity contribution in [2.75, 3.05) is 0 Å². The quantitative estimate of drug-likeness (QED) is 0.509. The Morgan fingerprint density at radius 2 is 1.10 bits per heavy atom. The van der Waals surface area contributed by atoms with Crippen LogP contribution in [0.1, 0.15) is 51.4 Å². The van der Waals surface area contributed by atoms with Crippen LogP contribution in [0.4, 0.5) is 0 Å². The van der Waals surface area contributed by atoms with Gasteiger partial charge in [0.25, 0.3) is 0 Å². The van der Waals surface area contributed by atoms with E-state index in [0.29, 0.717) is 0 Å². The predicted molar refractivity (Wildman–Crippen MR) is 46.6 cm³/mol. The van der Waals surface area contributed by atoms with Crippen molar-refractivity contribution < 1.29 is 0 Å². The standard InChI is InChI=1S/C9H16.ClH/c1-2-4-6-9(5-3-1)7-8-9;/h1-8H2;1H. The SMILES string of the molecule is C1CCCC2(CC1)CC2.Cl. The van der Waals surface area contributed by atoms with Gasteiger partial charge in [-0.1, -0.05) is 25.7 Å². The van der Waals surface area contributed by atoms with Gasteiger partial charge >= 0.3 is 0 Å². The summed E-state index contributed by atoms with van der Waals surface area (Å²) < 4.78 is 0. The van der Waals surface area contributed by atoms with Crippen LogP contribution in [-0.4, -0.2) is 0 Å². The maximum Gasteiger partial charge on any atom is -0.0297 e. The minimum absolute atomic E-state index is 0. The molecule has 2 rings (SSSR count). The van der Waals surface area contributed by atoms with Gasteiger partial charge in [-0.15, -0.1) is 12.4 Å². The predicted octanol–water partition coefficient (Wildman–Crippen LogP) is 3.54. The van der Waals surface area contributed by atoms with Gasteiger partial charge in [-0.3, -0.25) is 0 Å². The molecular weight excluding hydrogens is 144 g/mol. The van der Waals surface area contributed by atoms with Crippen LogP contribution in [0.5, 0.6) is 0 Å². The Morgan fingerprint density at radius 1 is 0.600 bits per heavy atom. The summed E-state index contributed by atoms with van der Waals surface area (Å²) >= 11 is 0. The molecule has 0 aromatic heterocycles. The van der Waals surface area contributed by atoms with E-state index in [0.717, 1.165) is 5.41 Å². The van der Waals surface area contributed by atoms with Crippen LogP contribution in [0, 0.1) is 5.41 Å². The normalized spacial score (nSPS) is 28.8. The van der Waals surface area contributed by atoms with Gasteiger partial charge in [-0.05, 0) is 31.1 Å². The molecule has 0 radical (unpaired) electrons. The fourth-order valence-electron chi connectivity index (χ4n) is 2.16. The first-order valence-electron chi connectivity index (χ1n) is 4.41. The van der Waals surface area contributed by atoms with Crippen LogP contribution in [0.2, 0.25) is 0 Å². The zero-order valence-electron chi connectivity index (χ0n) is 6.57. The topological polar surface area (TPSA) is 0 Å². The highest BCUT2D eigenvalue weighted by atomic mass is 35.5. The van der Waals surface area contributed by atoms with E-state index in [-0.39, 0.29) is 12.4 Å². The second-order valence-corrected chi connectivity index (χ2v) is 3.91. The first kappa shape index (κ1) is 8.39. The molecule has 0 nitrogen and oxygen atoms in total. The van der Waals surface area contributed by atoms with Gasteiger partial charge in [0.2, 0.25) is 0 Å². The Kier molecular flexibility index (Phi) is 2.62. The summed E-state index contributed by atoms with van der Waals surface area (Å²) in [6.07, 6.45) is 12.3. The summed E-state index contributed by atoms with van der Waals surface area (Å²) in [5.74, 6) is 0. The molecule has 2 fully saturated rings. The van der Waals surface area contributed by atoms with Gasteiger partial charge in [-0.2, -0.15) is 0 Å². The third kappa shape index (κ3) is 1.66. The molecule has 0 saturated heterocycles. The Morgan fingerprint density at radius 3 is 1.50 bits per heavy atom. The van der Waals surface area contributed by atoms with E-state index < -0.39 is 0 Å². The molecule has 0 heterocycles. The van der Waals surface area contributed by atoms with E-state index in [1.54, 1.807) is 25.7 Å². The number of hydrogen-bond acceptors (Lipinski definition) is 0. The van der Waals surface area contributed by atoms with Gasteiger partial charge in [0.1, 0.15) is 0 Å². The monoisotopic (exact) mass is 160 g/mol. The van der Waals surface area contributed by atoms with E-state index in [1.807, 2.05) is 0 Å². The molecule has 1 spiro atoms. The van der Waals surface area contributed by atoms with Crippen molar-refractivity contribution in [3.8, 4) is 0 Å². The van der Waals surface area contributed by atoms with Crippen molar-refractivity contribution in [3.05, 3.63) is 0 Å². The summed E-state index contributed by atoms with van der Waals surface area (Å²) in [7, 11) is 0. The second kappa shape index (κ2) is 3.13. The van der Waals surface area contributed by atoms with Crippen molar-refractivity contribution in [1.29, 1.82) is 0 Å². The van der Waals surface area contributed by atoms with Gasteiger partial charge in [-0.25, -0.2) is 0 Å². The molecule has 2 saturated carbocycles.